The summed E-state index contributed by atoms with van der Waals surface area (Å²) in [6.07, 6.45) is 2.33. The number of hydrogen-bond acceptors (Lipinski definition) is 4. The van der Waals surface area contributed by atoms with E-state index in [0.29, 0.717) is 23.6 Å². The van der Waals surface area contributed by atoms with Crippen LogP contribution in [0.2, 0.25) is 0 Å². The highest BCUT2D eigenvalue weighted by Gasteiger charge is 2.14. The molecule has 0 aromatic carbocycles. The molecule has 0 N–H and O–H groups in total. The van der Waals surface area contributed by atoms with Crippen molar-refractivity contribution in [3.05, 3.63) is 27.2 Å². The van der Waals surface area contributed by atoms with E-state index >= 15 is 0 Å². The average molecular weight is 307 g/mol. The molecule has 0 spiro atoms. The van der Waals surface area contributed by atoms with Crippen LogP contribution in [0.5, 0.6) is 0 Å². The Kier molecular flexibility index (Phi) is 4.85. The van der Waals surface area contributed by atoms with Crippen LogP contribution < -0.4 is 11.2 Å². The fraction of sp³-hybridized carbons (Fsp3) is 0.667. The summed E-state index contributed by atoms with van der Waals surface area (Å²) in [4.78, 5) is 31.2. The third-order valence-electron chi connectivity index (χ3n) is 3.80. The van der Waals surface area contributed by atoms with Crippen LogP contribution in [0.1, 0.15) is 20.3 Å². The van der Waals surface area contributed by atoms with Gasteiger partial charge < -0.3 is 9.47 Å². The van der Waals surface area contributed by atoms with E-state index in [4.69, 9.17) is 0 Å². The van der Waals surface area contributed by atoms with Crippen molar-refractivity contribution in [2.75, 3.05) is 20.1 Å². The van der Waals surface area contributed by atoms with Crippen molar-refractivity contribution in [1.82, 2.24) is 23.6 Å². The van der Waals surface area contributed by atoms with E-state index in [0.717, 1.165) is 19.5 Å². The Labute approximate surface area is 129 Å². The lowest BCUT2D eigenvalue weighted by molar-refractivity contribution is 0.285. The second-order valence-corrected chi connectivity index (χ2v) is 6.34. The Morgan fingerprint density at radius 2 is 1.95 bits per heavy atom. The molecule has 7 nitrogen and oxygen atoms in total. The summed E-state index contributed by atoms with van der Waals surface area (Å²) in [7, 11) is 5.48. The van der Waals surface area contributed by atoms with Gasteiger partial charge in [0.15, 0.2) is 11.2 Å². The zero-order valence-electron chi connectivity index (χ0n) is 14.0. The molecular weight excluding hydrogens is 282 g/mol. The molecule has 2 aromatic heterocycles. The Morgan fingerprint density at radius 1 is 1.27 bits per heavy atom. The minimum Gasteiger partial charge on any atom is -0.328 e. The lowest BCUT2D eigenvalue weighted by atomic mass is 10.2. The minimum absolute atomic E-state index is 0.260. The lowest BCUT2D eigenvalue weighted by Crippen LogP contribution is -2.40. The summed E-state index contributed by atoms with van der Waals surface area (Å²) < 4.78 is 4.42. The van der Waals surface area contributed by atoms with Gasteiger partial charge in [0, 0.05) is 27.2 Å². The highest BCUT2D eigenvalue weighted by Crippen LogP contribution is 2.03. The Balaban J connectivity index is 2.23. The molecule has 0 atom stereocenters. The Bertz CT molecular complexity index is 769. The molecule has 0 radical (unpaired) electrons. The van der Waals surface area contributed by atoms with E-state index < -0.39 is 0 Å². The maximum absolute atomic E-state index is 12.5. The molecule has 122 valence electrons. The fourth-order valence-corrected chi connectivity index (χ4v) is 2.81. The summed E-state index contributed by atoms with van der Waals surface area (Å²) in [6.45, 7) is 6.64. The monoisotopic (exact) mass is 307 g/mol. The first-order valence-corrected chi connectivity index (χ1v) is 7.62. The molecule has 2 aromatic rings. The van der Waals surface area contributed by atoms with E-state index in [1.165, 1.54) is 9.13 Å². The second-order valence-electron chi connectivity index (χ2n) is 6.34. The third kappa shape index (κ3) is 3.14. The van der Waals surface area contributed by atoms with Crippen LogP contribution in [0.3, 0.4) is 0 Å². The van der Waals surface area contributed by atoms with Crippen LogP contribution in [0.4, 0.5) is 0 Å². The van der Waals surface area contributed by atoms with Crippen LogP contribution in [0.15, 0.2) is 15.9 Å². The molecule has 2 rings (SSSR count). The quantitative estimate of drug-likeness (QED) is 0.775. The second kappa shape index (κ2) is 6.48. The molecule has 2 heterocycles. The summed E-state index contributed by atoms with van der Waals surface area (Å²) in [5.74, 6) is 0.603. The highest BCUT2D eigenvalue weighted by atomic mass is 16.2. The largest absolute Gasteiger partial charge is 0.332 e. The first-order chi connectivity index (χ1) is 10.3. The molecule has 0 fully saturated rings. The molecular formula is C15H25N5O2. The van der Waals surface area contributed by atoms with Crippen molar-refractivity contribution >= 4 is 11.2 Å². The van der Waals surface area contributed by atoms with Crippen molar-refractivity contribution in [2.24, 2.45) is 20.0 Å². The topological polar surface area (TPSA) is 65.1 Å². The molecule has 0 aliphatic heterocycles. The number of nitrogens with zero attached hydrogens (tertiary/aromatic N) is 5. The molecule has 0 bridgehead atoms. The summed E-state index contributed by atoms with van der Waals surface area (Å²) in [5, 5.41) is 0. The number of fused-ring (bicyclic) bond motifs is 1. The lowest BCUT2D eigenvalue weighted by Gasteiger charge is -2.18. The first kappa shape index (κ1) is 16.5. The highest BCUT2D eigenvalue weighted by molar-refractivity contribution is 5.69. The van der Waals surface area contributed by atoms with Gasteiger partial charge in [0.2, 0.25) is 0 Å². The standard InChI is InChI=1S/C15H25N5O2/c1-11(2)9-17(3)7-6-8-20-14(21)12-13(16-10-18(12)4)19(5)15(20)22/h10-11H,6-9H2,1-5H3. The number of imidazole rings is 1. The minimum atomic E-state index is -0.303. The van der Waals surface area contributed by atoms with Crippen LogP contribution in [-0.4, -0.2) is 43.7 Å². The van der Waals surface area contributed by atoms with Gasteiger partial charge in [-0.15, -0.1) is 0 Å². The summed E-state index contributed by atoms with van der Waals surface area (Å²) in [5.41, 5.74) is 0.343. The Hall–Kier alpha value is -1.89. The van der Waals surface area contributed by atoms with Gasteiger partial charge in [-0.2, -0.15) is 0 Å². The summed E-state index contributed by atoms with van der Waals surface area (Å²) >= 11 is 0. The normalized spacial score (nSPS) is 12.0. The zero-order valence-corrected chi connectivity index (χ0v) is 14.0. The molecule has 0 saturated carbocycles. The van der Waals surface area contributed by atoms with E-state index in [2.05, 4.69) is 30.8 Å². The van der Waals surface area contributed by atoms with E-state index in [1.54, 1.807) is 25.0 Å². The van der Waals surface area contributed by atoms with Gasteiger partial charge in [-0.3, -0.25) is 13.9 Å². The number of rotatable bonds is 6. The number of aromatic nitrogens is 4. The van der Waals surface area contributed by atoms with Crippen molar-refractivity contribution in [3.63, 3.8) is 0 Å². The van der Waals surface area contributed by atoms with Gasteiger partial charge in [0.25, 0.3) is 5.56 Å². The van der Waals surface area contributed by atoms with Crippen molar-refractivity contribution < 1.29 is 0 Å². The molecule has 0 amide bonds. The van der Waals surface area contributed by atoms with Gasteiger partial charge in [-0.05, 0) is 25.9 Å². The number of hydrogen-bond donors (Lipinski definition) is 0. The molecule has 7 heteroatoms. The van der Waals surface area contributed by atoms with Crippen LogP contribution in [0, 0.1) is 5.92 Å². The predicted octanol–water partition coefficient (Wildman–Crippen LogP) is 0.412. The predicted molar refractivity (Wildman–Crippen MR) is 87.2 cm³/mol. The fourth-order valence-electron chi connectivity index (χ4n) is 2.81. The van der Waals surface area contributed by atoms with Crippen LogP contribution in [0.25, 0.3) is 11.2 Å². The van der Waals surface area contributed by atoms with Crippen LogP contribution >= 0.6 is 0 Å². The van der Waals surface area contributed by atoms with Gasteiger partial charge >= 0.3 is 5.69 Å². The smallest absolute Gasteiger partial charge is 0.328 e. The van der Waals surface area contributed by atoms with E-state index in [1.807, 2.05) is 0 Å². The molecule has 22 heavy (non-hydrogen) atoms. The van der Waals surface area contributed by atoms with Crippen molar-refractivity contribution in [2.45, 2.75) is 26.8 Å². The van der Waals surface area contributed by atoms with Crippen molar-refractivity contribution in [1.29, 1.82) is 0 Å². The number of aryl methyl sites for hydroxylation is 2. The van der Waals surface area contributed by atoms with Gasteiger partial charge in [0.1, 0.15) is 0 Å². The maximum Gasteiger partial charge on any atom is 0.332 e. The maximum atomic E-state index is 12.5. The summed E-state index contributed by atoms with van der Waals surface area (Å²) in [6, 6.07) is 0. The third-order valence-corrected chi connectivity index (χ3v) is 3.80. The van der Waals surface area contributed by atoms with Gasteiger partial charge in [-0.1, -0.05) is 13.8 Å². The molecule has 0 saturated heterocycles. The first-order valence-electron chi connectivity index (χ1n) is 7.62. The van der Waals surface area contributed by atoms with E-state index in [-0.39, 0.29) is 11.2 Å². The molecule has 0 aliphatic rings. The van der Waals surface area contributed by atoms with Gasteiger partial charge in [0.05, 0.1) is 6.33 Å². The van der Waals surface area contributed by atoms with Crippen molar-refractivity contribution in [3.8, 4) is 0 Å². The molecule has 0 unspecified atom stereocenters. The van der Waals surface area contributed by atoms with Crippen LogP contribution in [-0.2, 0) is 20.6 Å². The zero-order chi connectivity index (χ0) is 16.4. The van der Waals surface area contributed by atoms with E-state index in [9.17, 15) is 9.59 Å². The average Bonchev–Trinajstić information content (AvgIpc) is 2.81. The molecule has 0 aliphatic carbocycles. The van der Waals surface area contributed by atoms with Gasteiger partial charge in [-0.25, -0.2) is 9.78 Å². The SMILES string of the molecule is CC(C)CN(C)CCCn1c(=O)c2c(ncn2C)n(C)c1=O. The Morgan fingerprint density at radius 3 is 2.59 bits per heavy atom.